The quantitative estimate of drug-likeness (QED) is 0.834. The highest BCUT2D eigenvalue weighted by molar-refractivity contribution is 5.89. The summed E-state index contributed by atoms with van der Waals surface area (Å²) < 4.78 is 2.41. The number of hydrogen-bond donors (Lipinski definition) is 1. The van der Waals surface area contributed by atoms with Crippen LogP contribution in [0.15, 0.2) is 18.3 Å². The van der Waals surface area contributed by atoms with Crippen LogP contribution in [0.1, 0.15) is 42.9 Å². The molecule has 2 heteroatoms. The van der Waals surface area contributed by atoms with Gasteiger partial charge in [0, 0.05) is 24.7 Å². The average Bonchev–Trinajstić information content (AvgIpc) is 2.78. The van der Waals surface area contributed by atoms with Crippen LogP contribution < -0.4 is 0 Å². The van der Waals surface area contributed by atoms with Crippen molar-refractivity contribution < 1.29 is 5.11 Å². The second-order valence-electron chi connectivity index (χ2n) is 5.45. The van der Waals surface area contributed by atoms with Gasteiger partial charge in [-0.3, -0.25) is 0 Å². The smallest absolute Gasteiger partial charge is 0.0515 e. The number of aromatic nitrogens is 1. The first kappa shape index (κ1) is 14.1. The third-order valence-corrected chi connectivity index (χ3v) is 3.86. The van der Waals surface area contributed by atoms with Gasteiger partial charge >= 0.3 is 0 Å². The zero-order valence-corrected chi connectivity index (χ0v) is 12.4. The van der Waals surface area contributed by atoms with E-state index in [-0.39, 0.29) is 6.61 Å². The molecule has 0 aliphatic carbocycles. The Morgan fingerprint density at radius 3 is 2.53 bits per heavy atom. The normalized spacial score (nSPS) is 11.4. The van der Waals surface area contributed by atoms with Crippen LogP contribution in [-0.4, -0.2) is 16.3 Å². The SMILES string of the molecule is CCCCn1cc(CCCO)c2c(C)ccc(C)c21. The molecule has 0 aliphatic rings. The molecule has 0 saturated carbocycles. The fraction of sp³-hybridized carbons (Fsp3) is 0.529. The molecule has 0 unspecified atom stereocenters. The molecular formula is C17H25NO. The first-order chi connectivity index (χ1) is 9.19. The topological polar surface area (TPSA) is 25.2 Å². The van der Waals surface area contributed by atoms with Gasteiger partial charge in [-0.05, 0) is 49.8 Å². The minimum absolute atomic E-state index is 0.270. The number of hydrogen-bond acceptors (Lipinski definition) is 1. The van der Waals surface area contributed by atoms with Gasteiger partial charge in [0.2, 0.25) is 0 Å². The zero-order valence-electron chi connectivity index (χ0n) is 12.4. The van der Waals surface area contributed by atoms with Crippen molar-refractivity contribution in [3.8, 4) is 0 Å². The van der Waals surface area contributed by atoms with Gasteiger partial charge in [0.05, 0.1) is 5.52 Å². The van der Waals surface area contributed by atoms with Gasteiger partial charge in [-0.2, -0.15) is 0 Å². The predicted molar refractivity (Wildman–Crippen MR) is 81.7 cm³/mol. The number of nitrogens with zero attached hydrogens (tertiary/aromatic N) is 1. The Kier molecular flexibility index (Phi) is 4.65. The van der Waals surface area contributed by atoms with Gasteiger partial charge in [0.1, 0.15) is 0 Å². The first-order valence-corrected chi connectivity index (χ1v) is 7.37. The molecule has 0 fully saturated rings. The van der Waals surface area contributed by atoms with Gasteiger partial charge in [-0.25, -0.2) is 0 Å². The largest absolute Gasteiger partial charge is 0.396 e. The van der Waals surface area contributed by atoms with Gasteiger partial charge < -0.3 is 9.67 Å². The van der Waals surface area contributed by atoms with Crippen molar-refractivity contribution in [1.82, 2.24) is 4.57 Å². The highest BCUT2D eigenvalue weighted by atomic mass is 16.2. The molecule has 2 nitrogen and oxygen atoms in total. The van der Waals surface area contributed by atoms with E-state index in [2.05, 4.69) is 43.7 Å². The van der Waals surface area contributed by atoms with Gasteiger partial charge in [0.25, 0.3) is 0 Å². The van der Waals surface area contributed by atoms with Crippen LogP contribution in [0.3, 0.4) is 0 Å². The van der Waals surface area contributed by atoms with E-state index in [0.717, 1.165) is 19.4 Å². The monoisotopic (exact) mass is 259 g/mol. The molecule has 2 aromatic rings. The molecule has 19 heavy (non-hydrogen) atoms. The maximum atomic E-state index is 9.06. The van der Waals surface area contributed by atoms with E-state index in [1.807, 2.05) is 0 Å². The Morgan fingerprint density at radius 1 is 1.11 bits per heavy atom. The van der Waals surface area contributed by atoms with Gasteiger partial charge in [0.15, 0.2) is 0 Å². The minimum atomic E-state index is 0.270. The van der Waals surface area contributed by atoms with Crippen molar-refractivity contribution >= 4 is 10.9 Å². The van der Waals surface area contributed by atoms with Crippen molar-refractivity contribution in [1.29, 1.82) is 0 Å². The molecule has 0 radical (unpaired) electrons. The standard InChI is InChI=1S/C17H25NO/c1-4-5-10-18-12-15(7-6-11-19)16-13(2)8-9-14(3)17(16)18/h8-9,12,19H,4-7,10-11H2,1-3H3. The van der Waals surface area contributed by atoms with Crippen LogP contribution in [0.2, 0.25) is 0 Å². The van der Waals surface area contributed by atoms with E-state index in [0.29, 0.717) is 0 Å². The molecule has 1 aromatic heterocycles. The molecule has 104 valence electrons. The van der Waals surface area contributed by atoms with Gasteiger partial charge in [-0.1, -0.05) is 25.5 Å². The molecule has 1 aromatic carbocycles. The van der Waals surface area contributed by atoms with Crippen molar-refractivity contribution in [2.24, 2.45) is 0 Å². The maximum absolute atomic E-state index is 9.06. The van der Waals surface area contributed by atoms with Crippen LogP contribution in [0.4, 0.5) is 0 Å². The van der Waals surface area contributed by atoms with Crippen molar-refractivity contribution in [2.45, 2.75) is 53.0 Å². The Bertz CT molecular complexity index is 506. The number of fused-ring (bicyclic) bond motifs is 1. The highest BCUT2D eigenvalue weighted by Gasteiger charge is 2.12. The molecule has 1 N–H and O–H groups in total. The fourth-order valence-electron chi connectivity index (χ4n) is 2.85. The van der Waals surface area contributed by atoms with Crippen molar-refractivity contribution in [2.75, 3.05) is 6.61 Å². The number of aliphatic hydroxyl groups is 1. The van der Waals surface area contributed by atoms with Crippen molar-refractivity contribution in [3.63, 3.8) is 0 Å². The summed E-state index contributed by atoms with van der Waals surface area (Å²) in [5.74, 6) is 0. The summed E-state index contributed by atoms with van der Waals surface area (Å²) in [6, 6.07) is 4.43. The van der Waals surface area contributed by atoms with Crippen LogP contribution in [0.5, 0.6) is 0 Å². The molecule has 2 rings (SSSR count). The van der Waals surface area contributed by atoms with E-state index in [1.165, 1.54) is 40.4 Å². The molecule has 0 saturated heterocycles. The highest BCUT2D eigenvalue weighted by Crippen LogP contribution is 2.29. The summed E-state index contributed by atoms with van der Waals surface area (Å²) in [6.45, 7) is 7.98. The molecule has 0 atom stereocenters. The summed E-state index contributed by atoms with van der Waals surface area (Å²) in [7, 11) is 0. The average molecular weight is 259 g/mol. The number of rotatable bonds is 6. The van der Waals surface area contributed by atoms with E-state index >= 15 is 0 Å². The lowest BCUT2D eigenvalue weighted by molar-refractivity contribution is 0.288. The zero-order chi connectivity index (χ0) is 13.8. The summed E-state index contributed by atoms with van der Waals surface area (Å²) in [5.41, 5.74) is 5.48. The molecular weight excluding hydrogens is 234 g/mol. The second kappa shape index (κ2) is 6.25. The fourth-order valence-corrected chi connectivity index (χ4v) is 2.85. The predicted octanol–water partition coefficient (Wildman–Crippen LogP) is 3.98. The molecule has 0 amide bonds. The third kappa shape index (κ3) is 2.84. The second-order valence-corrected chi connectivity index (χ2v) is 5.45. The minimum Gasteiger partial charge on any atom is -0.396 e. The Labute approximate surface area is 116 Å². The van der Waals surface area contributed by atoms with Crippen LogP contribution in [0.25, 0.3) is 10.9 Å². The maximum Gasteiger partial charge on any atom is 0.0515 e. The first-order valence-electron chi connectivity index (χ1n) is 7.37. The van der Waals surface area contributed by atoms with E-state index in [4.69, 9.17) is 5.11 Å². The summed E-state index contributed by atoms with van der Waals surface area (Å²) in [6.07, 6.45) is 6.56. The molecule has 0 bridgehead atoms. The van der Waals surface area contributed by atoms with E-state index in [9.17, 15) is 0 Å². The lowest BCUT2D eigenvalue weighted by atomic mass is 10.0. The molecule has 0 aliphatic heterocycles. The van der Waals surface area contributed by atoms with Crippen LogP contribution in [0, 0.1) is 13.8 Å². The summed E-state index contributed by atoms with van der Waals surface area (Å²) >= 11 is 0. The van der Waals surface area contributed by atoms with Gasteiger partial charge in [-0.15, -0.1) is 0 Å². The Balaban J connectivity index is 2.52. The Hall–Kier alpha value is -1.28. The number of aliphatic hydroxyl groups excluding tert-OH is 1. The third-order valence-electron chi connectivity index (χ3n) is 3.86. The number of benzene rings is 1. The van der Waals surface area contributed by atoms with E-state index in [1.54, 1.807) is 0 Å². The van der Waals surface area contributed by atoms with Crippen LogP contribution in [-0.2, 0) is 13.0 Å². The Morgan fingerprint density at radius 2 is 1.84 bits per heavy atom. The number of aryl methyl sites for hydroxylation is 4. The van der Waals surface area contributed by atoms with E-state index < -0.39 is 0 Å². The lowest BCUT2D eigenvalue weighted by Crippen LogP contribution is -1.97. The summed E-state index contributed by atoms with van der Waals surface area (Å²) in [5, 5.41) is 10.5. The molecule has 1 heterocycles. The number of unbranched alkanes of at least 4 members (excludes halogenated alkanes) is 1. The molecule has 0 spiro atoms. The lowest BCUT2D eigenvalue weighted by Gasteiger charge is -2.08. The van der Waals surface area contributed by atoms with Crippen molar-refractivity contribution in [3.05, 3.63) is 35.0 Å². The van der Waals surface area contributed by atoms with Crippen LogP contribution >= 0.6 is 0 Å². The summed E-state index contributed by atoms with van der Waals surface area (Å²) in [4.78, 5) is 0.